The first-order chi connectivity index (χ1) is 18.9. The Kier molecular flexibility index (Phi) is 9.55. The second kappa shape index (κ2) is 12.6. The molecule has 1 aliphatic rings. The van der Waals surface area contributed by atoms with Crippen molar-refractivity contribution >= 4 is 62.7 Å². The summed E-state index contributed by atoms with van der Waals surface area (Å²) in [5.41, 5.74) is 2.44. The summed E-state index contributed by atoms with van der Waals surface area (Å²) in [6.07, 6.45) is 0.507. The molecule has 3 aromatic rings. The number of nitrogens with zero attached hydrogens (tertiary/aromatic N) is 2. The summed E-state index contributed by atoms with van der Waals surface area (Å²) in [5.74, 6) is 0.201. The first-order valence-electron chi connectivity index (χ1n) is 12.6. The minimum atomic E-state index is -0.705. The van der Waals surface area contributed by atoms with E-state index in [0.717, 1.165) is 15.6 Å². The maximum Gasteiger partial charge on any atom is 0.410 e. The molecule has 2 heterocycles. The van der Waals surface area contributed by atoms with Gasteiger partial charge in [-0.05, 0) is 55.3 Å². The molecule has 0 spiro atoms. The smallest absolute Gasteiger partial charge is 0.410 e. The minimum absolute atomic E-state index is 0.0426. The standard InChI is InChI=1S/C29H29BrCl3N3O4/c1-29(2,3)40-28(38)36(14-16-11-12-24(37)34-16)15-20-22(31)13-23(35-27(20)39-4)19-9-5-7-17(25(19)32)18-8-6-10-21(30)26(18)33/h5-10,13,16H,11-12,14-15H2,1-4H3,(H,34,37)/t16-/m0/s1. The van der Waals surface area contributed by atoms with E-state index in [2.05, 4.69) is 21.2 Å². The highest BCUT2D eigenvalue weighted by molar-refractivity contribution is 9.10. The van der Waals surface area contributed by atoms with Gasteiger partial charge in [-0.25, -0.2) is 9.78 Å². The summed E-state index contributed by atoms with van der Waals surface area (Å²) in [5, 5.41) is 4.23. The molecule has 0 unspecified atom stereocenters. The highest BCUT2D eigenvalue weighted by Gasteiger charge is 2.30. The molecule has 0 saturated carbocycles. The molecule has 1 aliphatic heterocycles. The van der Waals surface area contributed by atoms with E-state index in [4.69, 9.17) is 49.3 Å². The number of benzene rings is 2. The van der Waals surface area contributed by atoms with Gasteiger partial charge < -0.3 is 19.7 Å². The highest BCUT2D eigenvalue weighted by atomic mass is 79.9. The molecule has 1 fully saturated rings. The summed E-state index contributed by atoms with van der Waals surface area (Å²) in [4.78, 5) is 31.2. The van der Waals surface area contributed by atoms with Gasteiger partial charge in [0.1, 0.15) is 5.60 Å². The molecular weight excluding hydrogens is 641 g/mol. The second-order valence-corrected chi connectivity index (χ2v) is 12.4. The lowest BCUT2D eigenvalue weighted by Gasteiger charge is -2.29. The van der Waals surface area contributed by atoms with E-state index >= 15 is 0 Å². The van der Waals surface area contributed by atoms with E-state index in [-0.39, 0.29) is 30.9 Å². The molecule has 1 saturated heterocycles. The number of carbonyl (C=O) groups excluding carboxylic acids is 2. The van der Waals surface area contributed by atoms with Gasteiger partial charge in [-0.1, -0.05) is 65.1 Å². The Labute approximate surface area is 257 Å². The van der Waals surface area contributed by atoms with Crippen molar-refractivity contribution in [3.63, 3.8) is 0 Å². The third kappa shape index (κ3) is 7.03. The van der Waals surface area contributed by atoms with Crippen molar-refractivity contribution in [1.82, 2.24) is 15.2 Å². The van der Waals surface area contributed by atoms with Crippen LogP contribution >= 0.6 is 50.7 Å². The fourth-order valence-electron chi connectivity index (χ4n) is 4.42. The Bertz CT molecular complexity index is 1440. The summed E-state index contributed by atoms with van der Waals surface area (Å²) < 4.78 is 12.0. The molecule has 4 rings (SSSR count). The lowest BCUT2D eigenvalue weighted by atomic mass is 10.0. The monoisotopic (exact) mass is 667 g/mol. The molecule has 0 aliphatic carbocycles. The molecule has 2 aromatic carbocycles. The Balaban J connectivity index is 1.70. The topological polar surface area (TPSA) is 80.8 Å². The fraction of sp³-hybridized carbons (Fsp3) is 0.345. The molecule has 11 heteroatoms. The van der Waals surface area contributed by atoms with Crippen LogP contribution in [0.25, 0.3) is 22.4 Å². The van der Waals surface area contributed by atoms with Crippen LogP contribution in [0.4, 0.5) is 4.79 Å². The summed E-state index contributed by atoms with van der Waals surface area (Å²) in [6.45, 7) is 5.71. The van der Waals surface area contributed by atoms with Crippen molar-refractivity contribution in [3.8, 4) is 28.3 Å². The zero-order valence-corrected chi connectivity index (χ0v) is 26.3. The number of halogens is 4. The van der Waals surface area contributed by atoms with Crippen LogP contribution in [0.1, 0.15) is 39.2 Å². The van der Waals surface area contributed by atoms with E-state index in [1.54, 1.807) is 26.8 Å². The van der Waals surface area contributed by atoms with Crippen molar-refractivity contribution < 1.29 is 19.1 Å². The number of methoxy groups -OCH3 is 1. The number of aromatic nitrogens is 1. The SMILES string of the molecule is COc1nc(-c2cccc(-c3cccc(Br)c3Cl)c2Cl)cc(Cl)c1CN(C[C@@H]1CCC(=O)N1)C(=O)OC(C)(C)C. The van der Waals surface area contributed by atoms with Crippen LogP contribution < -0.4 is 10.1 Å². The average molecular weight is 670 g/mol. The van der Waals surface area contributed by atoms with Gasteiger partial charge >= 0.3 is 6.09 Å². The molecule has 2 amide bonds. The molecule has 0 radical (unpaired) electrons. The van der Waals surface area contributed by atoms with Crippen molar-refractivity contribution in [3.05, 3.63) is 67.6 Å². The average Bonchev–Trinajstić information content (AvgIpc) is 3.30. The van der Waals surface area contributed by atoms with Crippen molar-refractivity contribution in [2.24, 2.45) is 0 Å². The van der Waals surface area contributed by atoms with Crippen LogP contribution in [0.3, 0.4) is 0 Å². The normalized spacial score (nSPS) is 15.1. The Morgan fingerprint density at radius 3 is 2.38 bits per heavy atom. The molecule has 7 nitrogen and oxygen atoms in total. The van der Waals surface area contributed by atoms with Crippen molar-refractivity contribution in [1.29, 1.82) is 0 Å². The number of hydrogen-bond acceptors (Lipinski definition) is 5. The van der Waals surface area contributed by atoms with Crippen LogP contribution in [-0.2, 0) is 16.1 Å². The van der Waals surface area contributed by atoms with Gasteiger partial charge in [0.2, 0.25) is 11.8 Å². The Morgan fingerprint density at radius 1 is 1.10 bits per heavy atom. The van der Waals surface area contributed by atoms with E-state index in [0.29, 0.717) is 44.7 Å². The van der Waals surface area contributed by atoms with Crippen LogP contribution in [-0.4, -0.2) is 47.2 Å². The van der Waals surface area contributed by atoms with E-state index in [1.807, 2.05) is 36.4 Å². The van der Waals surface area contributed by atoms with Crippen LogP contribution in [0.15, 0.2) is 46.9 Å². The van der Waals surface area contributed by atoms with Gasteiger partial charge in [0, 0.05) is 40.2 Å². The fourth-order valence-corrected chi connectivity index (χ4v) is 5.58. The lowest BCUT2D eigenvalue weighted by Crippen LogP contribution is -2.43. The maximum atomic E-state index is 13.2. The molecule has 212 valence electrons. The number of nitrogens with one attached hydrogen (secondary N) is 1. The zero-order chi connectivity index (χ0) is 29.2. The first kappa shape index (κ1) is 30.4. The molecule has 40 heavy (non-hydrogen) atoms. The van der Waals surface area contributed by atoms with Crippen LogP contribution in [0.5, 0.6) is 5.88 Å². The number of amides is 2. The third-order valence-corrected chi connectivity index (χ3v) is 8.31. The van der Waals surface area contributed by atoms with Crippen molar-refractivity contribution in [2.45, 2.75) is 51.8 Å². The summed E-state index contributed by atoms with van der Waals surface area (Å²) in [6, 6.07) is 12.7. The molecule has 0 bridgehead atoms. The predicted octanol–water partition coefficient (Wildman–Crippen LogP) is 8.16. The number of ether oxygens (including phenoxy) is 2. The molecule has 1 aromatic heterocycles. The van der Waals surface area contributed by atoms with Gasteiger partial charge in [-0.15, -0.1) is 0 Å². The maximum absolute atomic E-state index is 13.2. The van der Waals surface area contributed by atoms with Gasteiger partial charge in [-0.2, -0.15) is 0 Å². The largest absolute Gasteiger partial charge is 0.481 e. The quantitative estimate of drug-likeness (QED) is 0.275. The Morgan fingerprint density at radius 2 is 1.75 bits per heavy atom. The summed E-state index contributed by atoms with van der Waals surface area (Å²) >= 11 is 23.7. The molecule has 1 atom stereocenters. The van der Waals surface area contributed by atoms with E-state index in [9.17, 15) is 9.59 Å². The van der Waals surface area contributed by atoms with Gasteiger partial charge in [0.15, 0.2) is 0 Å². The third-order valence-electron chi connectivity index (χ3n) is 6.27. The first-order valence-corrected chi connectivity index (χ1v) is 14.5. The number of carbonyl (C=O) groups is 2. The second-order valence-electron chi connectivity index (χ2n) is 10.4. The summed E-state index contributed by atoms with van der Waals surface area (Å²) in [7, 11) is 1.49. The van der Waals surface area contributed by atoms with Crippen molar-refractivity contribution in [2.75, 3.05) is 13.7 Å². The molecular formula is C29H29BrCl3N3O4. The minimum Gasteiger partial charge on any atom is -0.481 e. The highest BCUT2D eigenvalue weighted by Crippen LogP contribution is 2.42. The van der Waals surface area contributed by atoms with E-state index < -0.39 is 11.7 Å². The van der Waals surface area contributed by atoms with Gasteiger partial charge in [0.05, 0.1) is 40.0 Å². The Hall–Kier alpha value is -2.52. The van der Waals surface area contributed by atoms with Crippen LogP contribution in [0, 0.1) is 0 Å². The lowest BCUT2D eigenvalue weighted by molar-refractivity contribution is -0.119. The van der Waals surface area contributed by atoms with E-state index in [1.165, 1.54) is 12.0 Å². The van der Waals surface area contributed by atoms with Crippen LogP contribution in [0.2, 0.25) is 15.1 Å². The molecule has 1 N–H and O–H groups in total. The number of rotatable bonds is 7. The van der Waals surface area contributed by atoms with Gasteiger partial charge in [-0.3, -0.25) is 4.79 Å². The van der Waals surface area contributed by atoms with Gasteiger partial charge in [0.25, 0.3) is 0 Å². The number of hydrogen-bond donors (Lipinski definition) is 1. The predicted molar refractivity (Wildman–Crippen MR) is 162 cm³/mol. The zero-order valence-electron chi connectivity index (χ0n) is 22.5. The number of pyridine rings is 1.